The first-order valence-electron chi connectivity index (χ1n) is 9.58. The second-order valence-corrected chi connectivity index (χ2v) is 8.06. The van der Waals surface area contributed by atoms with Gasteiger partial charge in [-0.15, -0.1) is 0 Å². The van der Waals surface area contributed by atoms with Crippen LogP contribution in [0.1, 0.15) is 23.2 Å². The Labute approximate surface area is 173 Å². The van der Waals surface area contributed by atoms with Crippen LogP contribution in [0.15, 0.2) is 35.3 Å². The Morgan fingerprint density at radius 3 is 2.42 bits per heavy atom. The van der Waals surface area contributed by atoms with Gasteiger partial charge in [0.15, 0.2) is 17.3 Å². The van der Waals surface area contributed by atoms with Crippen LogP contribution >= 0.6 is 0 Å². The molecule has 1 saturated carbocycles. The van der Waals surface area contributed by atoms with E-state index in [9.17, 15) is 33.0 Å². The number of carboxylic acid groups (broad SMARTS) is 1. The molecule has 5 rings (SSSR count). The number of nitrogens with zero attached hydrogens (tertiary/aromatic N) is 3. The Kier molecular flexibility index (Phi) is 4.13. The molecule has 31 heavy (non-hydrogen) atoms. The van der Waals surface area contributed by atoms with E-state index in [-0.39, 0.29) is 16.4 Å². The highest BCUT2D eigenvalue weighted by Crippen LogP contribution is 2.53. The maximum Gasteiger partial charge on any atom is 0.341 e. The molecule has 1 aromatic carbocycles. The largest absolute Gasteiger partial charge is 0.477 e. The van der Waals surface area contributed by atoms with E-state index in [0.717, 1.165) is 23.6 Å². The zero-order valence-corrected chi connectivity index (χ0v) is 16.0. The molecule has 2 aromatic heterocycles. The van der Waals surface area contributed by atoms with Crippen LogP contribution < -0.4 is 10.3 Å². The topological polar surface area (TPSA) is 95.7 Å². The van der Waals surface area contributed by atoms with E-state index in [0.29, 0.717) is 31.0 Å². The molecule has 1 atom stereocenters. The van der Waals surface area contributed by atoms with Crippen molar-refractivity contribution >= 4 is 22.8 Å². The highest BCUT2D eigenvalue weighted by molar-refractivity contribution is 5.92. The minimum absolute atomic E-state index is 0.160. The fourth-order valence-electron chi connectivity index (χ4n) is 4.24. The number of hydrogen-bond acceptors (Lipinski definition) is 5. The summed E-state index contributed by atoms with van der Waals surface area (Å²) in [6.07, 6.45) is 2.02. The van der Waals surface area contributed by atoms with Crippen molar-refractivity contribution in [1.82, 2.24) is 9.55 Å². The highest BCUT2D eigenvalue weighted by atomic mass is 19.1. The van der Waals surface area contributed by atoms with Gasteiger partial charge in [-0.3, -0.25) is 9.36 Å². The van der Waals surface area contributed by atoms with E-state index in [4.69, 9.17) is 0 Å². The van der Waals surface area contributed by atoms with Gasteiger partial charge >= 0.3 is 5.97 Å². The van der Waals surface area contributed by atoms with E-state index >= 15 is 0 Å². The Hall–Kier alpha value is -3.40. The lowest BCUT2D eigenvalue weighted by atomic mass is 10.0. The number of aromatic carboxylic acids is 1. The number of fused-ring (bicyclic) bond motifs is 1. The molecule has 1 aliphatic carbocycles. The first kappa shape index (κ1) is 19.6. The maximum atomic E-state index is 14.5. The number of aromatic nitrogens is 2. The molecular weight excluding hydrogens is 415 g/mol. The maximum absolute atomic E-state index is 14.5. The Bertz CT molecular complexity index is 1300. The number of pyridine rings is 2. The smallest absolute Gasteiger partial charge is 0.341 e. The Balaban J connectivity index is 1.76. The van der Waals surface area contributed by atoms with Gasteiger partial charge in [0.2, 0.25) is 5.43 Å². The summed E-state index contributed by atoms with van der Waals surface area (Å²) in [5.41, 5.74) is -2.68. The summed E-state index contributed by atoms with van der Waals surface area (Å²) in [5.74, 6) is -4.91. The van der Waals surface area contributed by atoms with Crippen LogP contribution in [-0.4, -0.2) is 44.9 Å². The molecule has 1 unspecified atom stereocenters. The monoisotopic (exact) mass is 431 g/mol. The zero-order chi connectivity index (χ0) is 22.1. The average Bonchev–Trinajstić information content (AvgIpc) is 3.41. The number of benzene rings is 1. The predicted molar refractivity (Wildman–Crippen MR) is 104 cm³/mol. The van der Waals surface area contributed by atoms with Crippen LogP contribution in [0, 0.1) is 22.9 Å². The van der Waals surface area contributed by atoms with Crippen molar-refractivity contribution in [1.29, 1.82) is 0 Å². The molecule has 3 aromatic rings. The number of carboxylic acids is 1. The molecule has 160 valence electrons. The number of hydrogen-bond donors (Lipinski definition) is 2. The minimum Gasteiger partial charge on any atom is -0.477 e. The Morgan fingerprint density at radius 1 is 1.16 bits per heavy atom. The predicted octanol–water partition coefficient (Wildman–Crippen LogP) is 2.46. The third-order valence-electron chi connectivity index (χ3n) is 6.11. The molecule has 7 nitrogen and oxygen atoms in total. The van der Waals surface area contributed by atoms with Gasteiger partial charge in [-0.05, 0) is 25.0 Å². The van der Waals surface area contributed by atoms with Crippen molar-refractivity contribution in [3.05, 3.63) is 63.7 Å². The second-order valence-electron chi connectivity index (χ2n) is 8.06. The molecule has 2 aliphatic rings. The Morgan fingerprint density at radius 2 is 1.84 bits per heavy atom. The SMILES string of the molecule is O=C(O)c1cn(-c2c(F)cc(F)cc2F)c2nc(N3CC(O)C4(CC4)C3)ccc2c1=O. The van der Waals surface area contributed by atoms with Gasteiger partial charge in [0, 0.05) is 36.8 Å². The van der Waals surface area contributed by atoms with Gasteiger partial charge in [0.05, 0.1) is 11.5 Å². The van der Waals surface area contributed by atoms with Crippen molar-refractivity contribution in [3.63, 3.8) is 0 Å². The molecule has 1 aliphatic heterocycles. The number of aliphatic hydroxyl groups is 1. The third kappa shape index (κ3) is 2.97. The van der Waals surface area contributed by atoms with Gasteiger partial charge in [-0.1, -0.05) is 0 Å². The molecule has 1 spiro atoms. The van der Waals surface area contributed by atoms with E-state index in [2.05, 4.69) is 4.98 Å². The van der Waals surface area contributed by atoms with Crippen molar-refractivity contribution < 1.29 is 28.2 Å². The van der Waals surface area contributed by atoms with Crippen LogP contribution in [0.2, 0.25) is 0 Å². The van der Waals surface area contributed by atoms with Crippen molar-refractivity contribution in [2.24, 2.45) is 5.41 Å². The summed E-state index contributed by atoms with van der Waals surface area (Å²) in [6.45, 7) is 0.860. The highest BCUT2D eigenvalue weighted by Gasteiger charge is 2.54. The summed E-state index contributed by atoms with van der Waals surface area (Å²) < 4.78 is 43.3. The number of rotatable bonds is 3. The van der Waals surface area contributed by atoms with Crippen molar-refractivity contribution in [2.45, 2.75) is 18.9 Å². The van der Waals surface area contributed by atoms with Gasteiger partial charge in [-0.25, -0.2) is 22.9 Å². The quantitative estimate of drug-likeness (QED) is 0.662. The summed E-state index contributed by atoms with van der Waals surface area (Å²) in [5, 5.41) is 19.5. The van der Waals surface area contributed by atoms with Crippen LogP contribution in [0.25, 0.3) is 16.7 Å². The van der Waals surface area contributed by atoms with Crippen LogP contribution in [0.5, 0.6) is 0 Å². The summed E-state index contributed by atoms with van der Waals surface area (Å²) in [6, 6.07) is 3.76. The lowest BCUT2D eigenvalue weighted by Crippen LogP contribution is -2.24. The third-order valence-corrected chi connectivity index (χ3v) is 6.11. The van der Waals surface area contributed by atoms with E-state index in [1.54, 1.807) is 0 Å². The number of halogens is 3. The molecule has 10 heteroatoms. The normalized spacial score (nSPS) is 19.4. The van der Waals surface area contributed by atoms with Crippen LogP contribution in [-0.2, 0) is 0 Å². The van der Waals surface area contributed by atoms with Gasteiger partial charge < -0.3 is 15.1 Å². The van der Waals surface area contributed by atoms with Crippen molar-refractivity contribution in [3.8, 4) is 5.69 Å². The first-order chi connectivity index (χ1) is 14.7. The van der Waals surface area contributed by atoms with Gasteiger partial charge in [0.25, 0.3) is 0 Å². The lowest BCUT2D eigenvalue weighted by molar-refractivity contribution is 0.0695. The first-order valence-corrected chi connectivity index (χ1v) is 9.58. The fourth-order valence-corrected chi connectivity index (χ4v) is 4.24. The standard InChI is InChI=1S/C21H16F3N3O4/c22-10-5-13(23)17(14(24)6-10)27-7-12(20(30)31)18(29)11-1-2-16(25-19(11)27)26-8-15(28)21(9-26)3-4-21/h1-2,5-7,15,28H,3-4,8-9H2,(H,30,31). The van der Waals surface area contributed by atoms with E-state index < -0.39 is 46.2 Å². The number of aliphatic hydroxyl groups excluding tert-OH is 1. The number of carbonyl (C=O) groups is 1. The van der Waals surface area contributed by atoms with E-state index in [1.807, 2.05) is 4.90 Å². The van der Waals surface area contributed by atoms with Gasteiger partial charge in [-0.2, -0.15) is 0 Å². The fraction of sp³-hybridized carbons (Fsp3) is 0.286. The number of β-amino-alcohol motifs (C(OH)–C–C–N with tert-alkyl or cyclic N) is 1. The molecule has 2 N–H and O–H groups in total. The molecule has 0 bridgehead atoms. The van der Waals surface area contributed by atoms with Crippen LogP contribution in [0.3, 0.4) is 0 Å². The molecule has 2 fully saturated rings. The lowest BCUT2D eigenvalue weighted by Gasteiger charge is -2.19. The summed E-state index contributed by atoms with van der Waals surface area (Å²) >= 11 is 0. The van der Waals surface area contributed by atoms with E-state index in [1.165, 1.54) is 12.1 Å². The molecule has 0 radical (unpaired) electrons. The number of anilines is 1. The van der Waals surface area contributed by atoms with Gasteiger partial charge in [0.1, 0.15) is 22.9 Å². The zero-order valence-electron chi connectivity index (χ0n) is 16.0. The molecule has 0 amide bonds. The summed E-state index contributed by atoms with van der Waals surface area (Å²) in [7, 11) is 0. The summed E-state index contributed by atoms with van der Waals surface area (Å²) in [4.78, 5) is 30.4. The van der Waals surface area contributed by atoms with Crippen molar-refractivity contribution in [2.75, 3.05) is 18.0 Å². The molecular formula is C21H16F3N3O4. The second kappa shape index (κ2) is 6.55. The average molecular weight is 431 g/mol. The minimum atomic E-state index is -1.58. The molecule has 1 saturated heterocycles. The molecule has 3 heterocycles. The van der Waals surface area contributed by atoms with Crippen LogP contribution in [0.4, 0.5) is 19.0 Å².